The second-order valence-electron chi connectivity index (χ2n) is 15.4. The molecule has 0 atom stereocenters. The van der Waals surface area contributed by atoms with Gasteiger partial charge in [0.05, 0.1) is 11.4 Å². The van der Waals surface area contributed by atoms with Crippen molar-refractivity contribution in [3.8, 4) is 67.3 Å². The van der Waals surface area contributed by atoms with Crippen LogP contribution in [0, 0.1) is 0 Å². The van der Waals surface area contributed by atoms with E-state index >= 15 is 0 Å². The van der Waals surface area contributed by atoms with Crippen molar-refractivity contribution in [2.24, 2.45) is 0 Å². The topological polar surface area (TPSA) is 38.9 Å². The molecule has 8 aromatic carbocycles. The number of rotatable bonds is 5. The van der Waals surface area contributed by atoms with E-state index in [1.54, 1.807) is 0 Å². The highest BCUT2D eigenvalue weighted by atomic mass is 16.3. The minimum absolute atomic E-state index is 0.118. The summed E-state index contributed by atoms with van der Waals surface area (Å²) in [5.74, 6) is 0.700. The molecule has 0 amide bonds. The third-order valence-corrected chi connectivity index (χ3v) is 11.6. The number of hydrogen-bond donors (Lipinski definition) is 0. The van der Waals surface area contributed by atoms with Crippen LogP contribution >= 0.6 is 0 Å². The molecule has 11 rings (SSSR count). The summed E-state index contributed by atoms with van der Waals surface area (Å²) < 4.78 is 6.39. The zero-order valence-corrected chi connectivity index (χ0v) is 31.1. The van der Waals surface area contributed by atoms with Crippen molar-refractivity contribution in [3.63, 3.8) is 0 Å². The molecular weight excluding hydrogens is 681 g/mol. The van der Waals surface area contributed by atoms with E-state index in [-0.39, 0.29) is 5.41 Å². The van der Waals surface area contributed by atoms with Crippen molar-refractivity contribution in [1.82, 2.24) is 9.97 Å². The zero-order chi connectivity index (χ0) is 37.4. The van der Waals surface area contributed by atoms with Crippen LogP contribution in [0.4, 0.5) is 0 Å². The first-order valence-corrected chi connectivity index (χ1v) is 19.2. The summed E-state index contributed by atoms with van der Waals surface area (Å²) in [6.07, 6.45) is 0. The summed E-state index contributed by atoms with van der Waals surface area (Å²) in [7, 11) is 0. The van der Waals surface area contributed by atoms with Crippen molar-refractivity contribution in [2.45, 2.75) is 19.3 Å². The first-order valence-electron chi connectivity index (χ1n) is 19.2. The molecule has 0 saturated heterocycles. The summed E-state index contributed by atoms with van der Waals surface area (Å²) in [5, 5.41) is 4.60. The Hall–Kier alpha value is -7.10. The maximum absolute atomic E-state index is 6.39. The second kappa shape index (κ2) is 12.5. The second-order valence-corrected chi connectivity index (χ2v) is 15.4. The summed E-state index contributed by atoms with van der Waals surface area (Å²) in [5.41, 5.74) is 16.3. The molecule has 0 unspecified atom stereocenters. The zero-order valence-electron chi connectivity index (χ0n) is 31.1. The quantitative estimate of drug-likeness (QED) is 0.178. The molecule has 0 N–H and O–H groups in total. The lowest BCUT2D eigenvalue weighted by Crippen LogP contribution is -2.14. The Bertz CT molecular complexity index is 3160. The van der Waals surface area contributed by atoms with Crippen LogP contribution in [-0.2, 0) is 5.41 Å². The Kier molecular flexibility index (Phi) is 7.20. The smallest absolute Gasteiger partial charge is 0.160 e. The van der Waals surface area contributed by atoms with E-state index in [2.05, 4.69) is 178 Å². The van der Waals surface area contributed by atoms with Gasteiger partial charge in [0.25, 0.3) is 0 Å². The van der Waals surface area contributed by atoms with Crippen LogP contribution in [0.2, 0.25) is 0 Å². The van der Waals surface area contributed by atoms with Crippen LogP contribution in [0.3, 0.4) is 0 Å². The van der Waals surface area contributed by atoms with Gasteiger partial charge < -0.3 is 4.42 Å². The molecule has 0 aliphatic heterocycles. The Morgan fingerprint density at radius 3 is 1.75 bits per heavy atom. The maximum atomic E-state index is 6.39. The van der Waals surface area contributed by atoms with Gasteiger partial charge in [0, 0.05) is 32.9 Å². The fourth-order valence-corrected chi connectivity index (χ4v) is 8.70. The van der Waals surface area contributed by atoms with Crippen LogP contribution in [0.1, 0.15) is 25.0 Å². The van der Waals surface area contributed by atoms with E-state index in [0.29, 0.717) is 5.82 Å². The Balaban J connectivity index is 1.10. The number of hydrogen-bond acceptors (Lipinski definition) is 3. The van der Waals surface area contributed by atoms with Crippen LogP contribution in [0.25, 0.3) is 100.0 Å². The minimum atomic E-state index is -0.118. The summed E-state index contributed by atoms with van der Waals surface area (Å²) >= 11 is 0. The minimum Gasteiger partial charge on any atom is -0.456 e. The number of nitrogens with zero attached hydrogens (tertiary/aromatic N) is 2. The highest BCUT2D eigenvalue weighted by molar-refractivity contribution is 6.11. The normalized spacial score (nSPS) is 13.0. The van der Waals surface area contributed by atoms with Gasteiger partial charge in [-0.25, -0.2) is 9.97 Å². The highest BCUT2D eigenvalue weighted by Crippen LogP contribution is 2.49. The third kappa shape index (κ3) is 5.27. The fourth-order valence-electron chi connectivity index (χ4n) is 8.70. The molecule has 56 heavy (non-hydrogen) atoms. The standard InChI is InChI=1S/C53H36N2O/c1-53(2)46-20-12-11-19-42(46)43-23-21-38(30-47(43)53)48-32-49(55-52(54-48)34-15-7-4-8-16-34)41-26-39(33-13-5-3-6-14-33)25-40(27-41)37-22-24-50-44(29-37)45-28-35-17-9-10-18-36(35)31-51(45)56-50/h3-32H,1-2H3. The summed E-state index contributed by atoms with van der Waals surface area (Å²) in [6, 6.07) is 64.9. The number of benzene rings is 8. The average Bonchev–Trinajstić information content (AvgIpc) is 3.73. The largest absolute Gasteiger partial charge is 0.456 e. The van der Waals surface area contributed by atoms with Crippen molar-refractivity contribution in [3.05, 3.63) is 193 Å². The van der Waals surface area contributed by atoms with Crippen molar-refractivity contribution >= 4 is 32.7 Å². The van der Waals surface area contributed by atoms with Gasteiger partial charge in [-0.05, 0) is 110 Å². The molecule has 2 heterocycles. The van der Waals surface area contributed by atoms with Gasteiger partial charge in [0.1, 0.15) is 11.2 Å². The summed E-state index contributed by atoms with van der Waals surface area (Å²) in [6.45, 7) is 4.65. The van der Waals surface area contributed by atoms with Gasteiger partial charge in [0.15, 0.2) is 5.82 Å². The van der Waals surface area contributed by atoms with Crippen LogP contribution in [0.15, 0.2) is 186 Å². The third-order valence-electron chi connectivity index (χ3n) is 11.6. The van der Waals surface area contributed by atoms with E-state index in [1.165, 1.54) is 33.0 Å². The lowest BCUT2D eigenvalue weighted by atomic mass is 9.82. The predicted molar refractivity (Wildman–Crippen MR) is 232 cm³/mol. The fraction of sp³-hybridized carbons (Fsp3) is 0.0566. The van der Waals surface area contributed by atoms with Crippen molar-refractivity contribution in [1.29, 1.82) is 0 Å². The monoisotopic (exact) mass is 716 g/mol. The van der Waals surface area contributed by atoms with E-state index < -0.39 is 0 Å². The average molecular weight is 717 g/mol. The number of furan rings is 1. The van der Waals surface area contributed by atoms with Crippen LogP contribution in [-0.4, -0.2) is 9.97 Å². The number of aromatic nitrogens is 2. The molecular formula is C53H36N2O. The molecule has 0 spiro atoms. The molecule has 0 radical (unpaired) electrons. The number of fused-ring (bicyclic) bond motifs is 7. The molecule has 0 saturated carbocycles. The first-order chi connectivity index (χ1) is 27.5. The van der Waals surface area contributed by atoms with Gasteiger partial charge in [0.2, 0.25) is 0 Å². The lowest BCUT2D eigenvalue weighted by Gasteiger charge is -2.22. The van der Waals surface area contributed by atoms with Gasteiger partial charge >= 0.3 is 0 Å². The lowest BCUT2D eigenvalue weighted by molar-refractivity contribution is 0.660. The molecule has 3 nitrogen and oxygen atoms in total. The molecule has 1 aliphatic rings. The van der Waals surface area contributed by atoms with Crippen molar-refractivity contribution in [2.75, 3.05) is 0 Å². The molecule has 1 aliphatic carbocycles. The molecule has 264 valence electrons. The van der Waals surface area contributed by atoms with Gasteiger partial charge in [-0.3, -0.25) is 0 Å². The van der Waals surface area contributed by atoms with Crippen molar-refractivity contribution < 1.29 is 4.42 Å². The Morgan fingerprint density at radius 2 is 0.964 bits per heavy atom. The Labute approximate surface area is 325 Å². The molecule has 10 aromatic rings. The molecule has 0 bridgehead atoms. The van der Waals surface area contributed by atoms with Crippen LogP contribution in [0.5, 0.6) is 0 Å². The first kappa shape index (κ1) is 32.3. The Morgan fingerprint density at radius 1 is 0.375 bits per heavy atom. The van der Waals surface area contributed by atoms with E-state index in [4.69, 9.17) is 14.4 Å². The SMILES string of the molecule is CC1(C)c2ccccc2-c2ccc(-c3cc(-c4cc(-c5ccccc5)cc(-c5ccc6oc7cc8ccccc8cc7c6c5)c4)nc(-c4ccccc4)n3)cc21. The molecule has 2 aromatic heterocycles. The summed E-state index contributed by atoms with van der Waals surface area (Å²) in [4.78, 5) is 10.5. The van der Waals surface area contributed by atoms with E-state index in [1.807, 2.05) is 18.2 Å². The maximum Gasteiger partial charge on any atom is 0.160 e. The molecule has 0 fully saturated rings. The van der Waals surface area contributed by atoms with Gasteiger partial charge in [-0.1, -0.05) is 141 Å². The van der Waals surface area contributed by atoms with Crippen LogP contribution < -0.4 is 0 Å². The van der Waals surface area contributed by atoms with Gasteiger partial charge in [-0.2, -0.15) is 0 Å². The van der Waals surface area contributed by atoms with Gasteiger partial charge in [-0.15, -0.1) is 0 Å². The van der Waals surface area contributed by atoms with E-state index in [9.17, 15) is 0 Å². The predicted octanol–water partition coefficient (Wildman–Crippen LogP) is 14.2. The molecule has 3 heteroatoms. The highest BCUT2D eigenvalue weighted by Gasteiger charge is 2.35. The van der Waals surface area contributed by atoms with E-state index in [0.717, 1.165) is 72.3 Å².